The zero-order chi connectivity index (χ0) is 14.4. The Morgan fingerprint density at radius 3 is 3.10 bits per heavy atom. The minimum absolute atomic E-state index is 0.102. The lowest BCUT2D eigenvalue weighted by Gasteiger charge is -2.12. The maximum Gasteiger partial charge on any atom is 0.305 e. The Hall–Kier alpha value is -1.55. The largest absolute Gasteiger partial charge is 0.466 e. The fourth-order valence-electron chi connectivity index (χ4n) is 2.55. The molecule has 110 valence electrons. The van der Waals surface area contributed by atoms with Crippen LogP contribution in [0.1, 0.15) is 30.9 Å². The zero-order valence-electron chi connectivity index (χ0n) is 12.4. The van der Waals surface area contributed by atoms with Crippen molar-refractivity contribution < 1.29 is 9.53 Å². The minimum atomic E-state index is -0.102. The predicted molar refractivity (Wildman–Crippen MR) is 81.0 cm³/mol. The van der Waals surface area contributed by atoms with Gasteiger partial charge >= 0.3 is 5.97 Å². The number of rotatable bonds is 7. The van der Waals surface area contributed by atoms with Gasteiger partial charge in [0.2, 0.25) is 0 Å². The van der Waals surface area contributed by atoms with E-state index in [2.05, 4.69) is 35.5 Å². The normalized spacial score (nSPS) is 13.4. The number of anilines is 1. The smallest absolute Gasteiger partial charge is 0.305 e. The topological polar surface area (TPSA) is 41.6 Å². The van der Waals surface area contributed by atoms with Crippen molar-refractivity contribution in [3.63, 3.8) is 0 Å². The molecule has 4 nitrogen and oxygen atoms in total. The maximum atomic E-state index is 11.2. The van der Waals surface area contributed by atoms with Gasteiger partial charge in [-0.2, -0.15) is 0 Å². The fourth-order valence-corrected chi connectivity index (χ4v) is 2.55. The second kappa shape index (κ2) is 7.29. The molecule has 2 rings (SSSR count). The van der Waals surface area contributed by atoms with Gasteiger partial charge in [0, 0.05) is 32.2 Å². The lowest BCUT2D eigenvalue weighted by molar-refractivity contribution is -0.143. The lowest BCUT2D eigenvalue weighted by atomic mass is 10.1. The minimum Gasteiger partial charge on any atom is -0.466 e. The number of nitrogens with one attached hydrogen (secondary N) is 1. The number of nitrogens with zero attached hydrogens (tertiary/aromatic N) is 1. The summed E-state index contributed by atoms with van der Waals surface area (Å²) < 4.78 is 4.90. The van der Waals surface area contributed by atoms with Crippen LogP contribution in [0.4, 0.5) is 5.69 Å². The number of hydrogen-bond donors (Lipinski definition) is 1. The fraction of sp³-hybridized carbons (Fsp3) is 0.562. The van der Waals surface area contributed by atoms with E-state index in [-0.39, 0.29) is 5.97 Å². The molecule has 20 heavy (non-hydrogen) atoms. The Morgan fingerprint density at radius 2 is 2.30 bits per heavy atom. The van der Waals surface area contributed by atoms with Crippen LogP contribution in [0.15, 0.2) is 18.2 Å². The Labute approximate surface area is 121 Å². The first-order chi connectivity index (χ1) is 9.70. The van der Waals surface area contributed by atoms with Crippen LogP contribution in [0, 0.1) is 0 Å². The molecule has 1 heterocycles. The quantitative estimate of drug-likeness (QED) is 0.612. The van der Waals surface area contributed by atoms with Crippen LogP contribution in [0.5, 0.6) is 0 Å². The van der Waals surface area contributed by atoms with E-state index in [0.29, 0.717) is 13.0 Å². The van der Waals surface area contributed by atoms with E-state index in [1.165, 1.54) is 16.8 Å². The summed E-state index contributed by atoms with van der Waals surface area (Å²) in [6.07, 6.45) is 2.46. The summed E-state index contributed by atoms with van der Waals surface area (Å²) in [4.78, 5) is 13.5. The monoisotopic (exact) mass is 276 g/mol. The highest BCUT2D eigenvalue weighted by atomic mass is 16.5. The Morgan fingerprint density at radius 1 is 1.45 bits per heavy atom. The molecule has 0 amide bonds. The molecule has 1 aromatic carbocycles. The molecule has 0 unspecified atom stereocenters. The third-order valence-electron chi connectivity index (χ3n) is 3.64. The van der Waals surface area contributed by atoms with Crippen molar-refractivity contribution in [2.45, 2.75) is 32.7 Å². The molecule has 0 saturated heterocycles. The highest BCUT2D eigenvalue weighted by Crippen LogP contribution is 2.27. The van der Waals surface area contributed by atoms with Crippen LogP contribution in [-0.2, 0) is 22.5 Å². The summed E-state index contributed by atoms with van der Waals surface area (Å²) in [6, 6.07) is 6.67. The van der Waals surface area contributed by atoms with E-state index in [1.54, 1.807) is 0 Å². The van der Waals surface area contributed by atoms with E-state index in [4.69, 9.17) is 4.74 Å². The first-order valence-corrected chi connectivity index (χ1v) is 7.40. The molecule has 1 aliphatic heterocycles. The van der Waals surface area contributed by atoms with E-state index >= 15 is 0 Å². The van der Waals surface area contributed by atoms with Gasteiger partial charge < -0.3 is 15.0 Å². The maximum absolute atomic E-state index is 11.2. The molecule has 0 fully saturated rings. The number of carbonyl (C=O) groups excluding carboxylic acids is 1. The number of benzene rings is 1. The second-order valence-electron chi connectivity index (χ2n) is 5.22. The van der Waals surface area contributed by atoms with Crippen LogP contribution in [0.3, 0.4) is 0 Å². The first kappa shape index (κ1) is 14.9. The number of carbonyl (C=O) groups is 1. The van der Waals surface area contributed by atoms with Gasteiger partial charge in [0.05, 0.1) is 6.61 Å². The van der Waals surface area contributed by atoms with Crippen molar-refractivity contribution in [2.75, 3.05) is 31.6 Å². The van der Waals surface area contributed by atoms with Gasteiger partial charge in [0.15, 0.2) is 0 Å². The number of likely N-dealkylation sites (N-methyl/N-ethyl adjacent to an activating group) is 1. The molecular weight excluding hydrogens is 252 g/mol. The van der Waals surface area contributed by atoms with Gasteiger partial charge in [-0.1, -0.05) is 12.1 Å². The highest BCUT2D eigenvalue weighted by Gasteiger charge is 2.15. The molecule has 0 atom stereocenters. The predicted octanol–water partition coefficient (Wildman–Crippen LogP) is 2.11. The summed E-state index contributed by atoms with van der Waals surface area (Å²) in [7, 11) is 2.14. The van der Waals surface area contributed by atoms with Gasteiger partial charge in [-0.15, -0.1) is 0 Å². The van der Waals surface area contributed by atoms with Crippen LogP contribution < -0.4 is 10.2 Å². The number of fused-ring (bicyclic) bond motifs is 1. The molecular formula is C16H24N2O2. The van der Waals surface area contributed by atoms with Crippen LogP contribution >= 0.6 is 0 Å². The standard InChI is InChI=1S/C16H24N2O2/c1-3-20-16(19)5-4-9-17-12-13-6-7-15-14(11-13)8-10-18(15)2/h6-7,11,17H,3-5,8-10,12H2,1-2H3. The van der Waals surface area contributed by atoms with Gasteiger partial charge in [-0.3, -0.25) is 4.79 Å². The first-order valence-electron chi connectivity index (χ1n) is 7.40. The molecule has 0 aliphatic carbocycles. The van der Waals surface area contributed by atoms with E-state index in [0.717, 1.165) is 32.5 Å². The lowest BCUT2D eigenvalue weighted by Crippen LogP contribution is -2.16. The van der Waals surface area contributed by atoms with Gasteiger partial charge in [-0.25, -0.2) is 0 Å². The van der Waals surface area contributed by atoms with E-state index in [9.17, 15) is 4.79 Å². The van der Waals surface area contributed by atoms with Crippen molar-refractivity contribution in [3.8, 4) is 0 Å². The van der Waals surface area contributed by atoms with Gasteiger partial charge in [0.25, 0.3) is 0 Å². The Balaban J connectivity index is 1.69. The SMILES string of the molecule is CCOC(=O)CCCNCc1ccc2c(c1)CCN2C. The summed E-state index contributed by atoms with van der Waals surface area (Å²) in [5.74, 6) is -0.102. The third-order valence-corrected chi connectivity index (χ3v) is 3.64. The van der Waals surface area contributed by atoms with E-state index in [1.807, 2.05) is 6.92 Å². The molecule has 1 aromatic rings. The molecule has 1 aliphatic rings. The number of esters is 1. The van der Waals surface area contributed by atoms with Gasteiger partial charge in [0.1, 0.15) is 0 Å². The third kappa shape index (κ3) is 3.97. The van der Waals surface area contributed by atoms with Crippen LogP contribution in [0.2, 0.25) is 0 Å². The number of hydrogen-bond acceptors (Lipinski definition) is 4. The van der Waals surface area contributed by atoms with Crippen LogP contribution in [-0.4, -0.2) is 32.7 Å². The van der Waals surface area contributed by atoms with Gasteiger partial charge in [-0.05, 0) is 43.5 Å². The average molecular weight is 276 g/mol. The Kier molecular flexibility index (Phi) is 5.41. The molecule has 1 N–H and O–H groups in total. The highest BCUT2D eigenvalue weighted by molar-refractivity contribution is 5.69. The van der Waals surface area contributed by atoms with Crippen molar-refractivity contribution >= 4 is 11.7 Å². The average Bonchev–Trinajstić information content (AvgIpc) is 2.80. The zero-order valence-corrected chi connectivity index (χ0v) is 12.4. The van der Waals surface area contributed by atoms with Crippen molar-refractivity contribution in [2.24, 2.45) is 0 Å². The second-order valence-corrected chi connectivity index (χ2v) is 5.22. The van der Waals surface area contributed by atoms with E-state index < -0.39 is 0 Å². The van der Waals surface area contributed by atoms with Crippen molar-refractivity contribution in [1.29, 1.82) is 0 Å². The van der Waals surface area contributed by atoms with Crippen molar-refractivity contribution in [3.05, 3.63) is 29.3 Å². The molecule has 4 heteroatoms. The molecule has 0 aromatic heterocycles. The summed E-state index contributed by atoms with van der Waals surface area (Å²) in [6.45, 7) is 5.12. The molecule has 0 bridgehead atoms. The summed E-state index contributed by atoms with van der Waals surface area (Å²) in [5.41, 5.74) is 4.12. The van der Waals surface area contributed by atoms with Crippen LogP contribution in [0.25, 0.3) is 0 Å². The summed E-state index contributed by atoms with van der Waals surface area (Å²) >= 11 is 0. The Bertz CT molecular complexity index is 460. The summed E-state index contributed by atoms with van der Waals surface area (Å²) in [5, 5.41) is 3.38. The molecule has 0 spiro atoms. The molecule has 0 saturated carbocycles. The molecule has 0 radical (unpaired) electrons. The van der Waals surface area contributed by atoms with Crippen molar-refractivity contribution in [1.82, 2.24) is 5.32 Å². The number of ether oxygens (including phenoxy) is 1.